The number of carbonyl (C=O) groups excluding carboxylic acids is 3. The van der Waals surface area contributed by atoms with Crippen molar-refractivity contribution < 1.29 is 29.0 Å². The molecule has 0 bridgehead atoms. The van der Waals surface area contributed by atoms with E-state index in [0.29, 0.717) is 16.7 Å². The number of rotatable bonds is 10. The molecule has 0 heterocycles. The normalized spacial score (nSPS) is 10.8. The molecular weight excluding hydrogens is 673 g/mol. The lowest BCUT2D eigenvalue weighted by molar-refractivity contribution is 0.0592. The number of Topliss-reactive ketones (excluding diaryl/α,β-unsaturated/α-hetero) is 1. The first-order valence-electron chi connectivity index (χ1n) is 17.4. The first-order valence-corrected chi connectivity index (χ1v) is 17.4. The van der Waals surface area contributed by atoms with Crippen molar-refractivity contribution in [2.45, 2.75) is 0 Å². The summed E-state index contributed by atoms with van der Waals surface area (Å²) in [5.41, 5.74) is 13.2. The van der Waals surface area contributed by atoms with E-state index in [2.05, 4.69) is 54.6 Å². The zero-order valence-corrected chi connectivity index (χ0v) is 29.8. The van der Waals surface area contributed by atoms with Gasteiger partial charge in [0, 0.05) is 5.56 Å². The van der Waals surface area contributed by atoms with E-state index in [9.17, 15) is 19.5 Å². The Balaban J connectivity index is 1.42. The predicted octanol–water partition coefficient (Wildman–Crippen LogP) is 10.4. The van der Waals surface area contributed by atoms with Crippen LogP contribution < -0.4 is 0 Å². The van der Waals surface area contributed by atoms with Gasteiger partial charge in [0.2, 0.25) is 0 Å². The third-order valence-corrected chi connectivity index (χ3v) is 9.54. The molecule has 6 heteroatoms. The lowest BCUT2D eigenvalue weighted by atomic mass is 9.86. The van der Waals surface area contributed by atoms with Gasteiger partial charge in [-0.2, -0.15) is 0 Å². The molecule has 0 saturated carbocycles. The van der Waals surface area contributed by atoms with Crippen molar-refractivity contribution in [2.24, 2.45) is 0 Å². The highest BCUT2D eigenvalue weighted by Gasteiger charge is 2.17. The second kappa shape index (κ2) is 15.8. The Bertz CT molecular complexity index is 2190. The fourth-order valence-corrected chi connectivity index (χ4v) is 6.79. The molecule has 0 atom stereocenters. The van der Waals surface area contributed by atoms with E-state index in [0.717, 1.165) is 66.8 Å². The van der Waals surface area contributed by atoms with Crippen LogP contribution in [0.5, 0.6) is 0 Å². The van der Waals surface area contributed by atoms with Crippen LogP contribution >= 0.6 is 0 Å². The molecule has 0 aliphatic carbocycles. The van der Waals surface area contributed by atoms with E-state index in [1.165, 1.54) is 14.2 Å². The third-order valence-electron chi connectivity index (χ3n) is 9.54. The molecule has 0 spiro atoms. The molecule has 7 aromatic carbocycles. The number of aliphatic hydroxyl groups is 1. The van der Waals surface area contributed by atoms with Crippen LogP contribution in [-0.2, 0) is 9.47 Å². The zero-order valence-electron chi connectivity index (χ0n) is 29.8. The number of hydrogen-bond donors (Lipinski definition) is 1. The van der Waals surface area contributed by atoms with Crippen LogP contribution in [0.2, 0.25) is 0 Å². The van der Waals surface area contributed by atoms with Crippen LogP contribution in [0.4, 0.5) is 0 Å². The summed E-state index contributed by atoms with van der Waals surface area (Å²) in [6.07, 6.45) is 0. The third kappa shape index (κ3) is 7.24. The van der Waals surface area contributed by atoms with Crippen LogP contribution in [0, 0.1) is 0 Å². The van der Waals surface area contributed by atoms with Gasteiger partial charge in [0.25, 0.3) is 0 Å². The molecule has 54 heavy (non-hydrogen) atoms. The molecule has 0 fully saturated rings. The standard InChI is InChI=1S/C48H36O6/c1-53-47(51)35-23-17-32(18-24-35)41-10-4-7-13-44(41)38-27-37(43-12-6-3-9-40(43)31-15-21-34(22-16-31)46(50)30-49)28-39(29-38)45-14-8-5-11-42(45)33-19-25-36(26-20-33)48(52)54-2/h3-29,49H,30H2,1-2H3. The molecule has 264 valence electrons. The van der Waals surface area contributed by atoms with Crippen LogP contribution in [0.25, 0.3) is 66.8 Å². The van der Waals surface area contributed by atoms with Crippen molar-refractivity contribution in [3.8, 4) is 66.8 Å². The molecular formula is C48H36O6. The number of ketones is 1. The molecule has 0 aliphatic heterocycles. The summed E-state index contributed by atoms with van der Waals surface area (Å²) < 4.78 is 9.85. The van der Waals surface area contributed by atoms with Gasteiger partial charge in [-0.1, -0.05) is 121 Å². The molecule has 0 saturated heterocycles. The van der Waals surface area contributed by atoms with Crippen LogP contribution in [0.1, 0.15) is 31.1 Å². The van der Waals surface area contributed by atoms with E-state index in [-0.39, 0.29) is 17.7 Å². The molecule has 0 aliphatic rings. The second-order valence-electron chi connectivity index (χ2n) is 12.7. The largest absolute Gasteiger partial charge is 0.465 e. The van der Waals surface area contributed by atoms with Gasteiger partial charge in [0.15, 0.2) is 5.78 Å². The Hall–Kier alpha value is -6.89. The summed E-state index contributed by atoms with van der Waals surface area (Å²) in [7, 11) is 2.74. The van der Waals surface area contributed by atoms with Crippen molar-refractivity contribution >= 4 is 17.7 Å². The van der Waals surface area contributed by atoms with Crippen molar-refractivity contribution in [3.63, 3.8) is 0 Å². The molecule has 7 rings (SSSR count). The van der Waals surface area contributed by atoms with E-state index in [1.807, 2.05) is 72.8 Å². The molecule has 0 aromatic heterocycles. The Morgan fingerprint density at radius 2 is 0.648 bits per heavy atom. The maximum atomic E-state index is 12.2. The summed E-state index contributed by atoms with van der Waals surface area (Å²) >= 11 is 0. The minimum Gasteiger partial charge on any atom is -0.465 e. The average molecular weight is 709 g/mol. The van der Waals surface area contributed by atoms with Gasteiger partial charge in [-0.3, -0.25) is 4.79 Å². The fraction of sp³-hybridized carbons (Fsp3) is 0.0625. The molecule has 1 N–H and O–H groups in total. The molecule has 0 unspecified atom stereocenters. The van der Waals surface area contributed by atoms with Gasteiger partial charge in [-0.15, -0.1) is 0 Å². The highest BCUT2D eigenvalue weighted by atomic mass is 16.5. The maximum Gasteiger partial charge on any atom is 0.337 e. The van der Waals surface area contributed by atoms with E-state index in [1.54, 1.807) is 36.4 Å². The molecule has 0 radical (unpaired) electrons. The quantitative estimate of drug-likeness (QED) is 0.112. The topological polar surface area (TPSA) is 89.9 Å². The predicted molar refractivity (Wildman–Crippen MR) is 213 cm³/mol. The van der Waals surface area contributed by atoms with Crippen molar-refractivity contribution in [1.29, 1.82) is 0 Å². The number of methoxy groups -OCH3 is 2. The summed E-state index contributed by atoms with van der Waals surface area (Å²) in [6.45, 7) is -0.542. The van der Waals surface area contributed by atoms with Crippen molar-refractivity contribution in [2.75, 3.05) is 20.8 Å². The lowest BCUT2D eigenvalue weighted by Gasteiger charge is -2.18. The molecule has 7 aromatic rings. The van der Waals surface area contributed by atoms with Crippen molar-refractivity contribution in [3.05, 3.63) is 180 Å². The van der Waals surface area contributed by atoms with Gasteiger partial charge in [-0.25, -0.2) is 9.59 Å². The average Bonchev–Trinajstić information content (AvgIpc) is 3.25. The Labute approximate surface area is 313 Å². The fourth-order valence-electron chi connectivity index (χ4n) is 6.79. The van der Waals surface area contributed by atoms with Gasteiger partial charge in [0.05, 0.1) is 25.3 Å². The zero-order chi connectivity index (χ0) is 37.6. The molecule has 6 nitrogen and oxygen atoms in total. The van der Waals surface area contributed by atoms with Gasteiger partial charge in [0.1, 0.15) is 6.61 Å². The van der Waals surface area contributed by atoms with Crippen molar-refractivity contribution in [1.82, 2.24) is 0 Å². The lowest BCUT2D eigenvalue weighted by Crippen LogP contribution is -2.03. The van der Waals surface area contributed by atoms with Gasteiger partial charge < -0.3 is 14.6 Å². The second-order valence-corrected chi connectivity index (χ2v) is 12.7. The minimum absolute atomic E-state index is 0.329. The summed E-state index contributed by atoms with van der Waals surface area (Å²) in [5.74, 6) is -1.11. The van der Waals surface area contributed by atoms with E-state index in [4.69, 9.17) is 9.47 Å². The summed E-state index contributed by atoms with van der Waals surface area (Å²) in [5, 5.41) is 9.39. The Morgan fingerprint density at radius 3 is 0.907 bits per heavy atom. The van der Waals surface area contributed by atoms with E-state index < -0.39 is 6.61 Å². The number of esters is 2. The van der Waals surface area contributed by atoms with Crippen LogP contribution in [0.3, 0.4) is 0 Å². The molecule has 0 amide bonds. The SMILES string of the molecule is COC(=O)c1ccc(-c2ccccc2-c2cc(-c3ccccc3-c3ccc(C(=O)CO)cc3)cc(-c3ccccc3-c3ccc(C(=O)OC)cc3)c2)cc1. The monoisotopic (exact) mass is 708 g/mol. The summed E-state index contributed by atoms with van der Waals surface area (Å²) in [4.78, 5) is 36.6. The highest BCUT2D eigenvalue weighted by Crippen LogP contribution is 2.42. The Kier molecular flexibility index (Phi) is 10.4. The van der Waals surface area contributed by atoms with Gasteiger partial charge in [-0.05, 0) is 109 Å². The van der Waals surface area contributed by atoms with E-state index >= 15 is 0 Å². The maximum absolute atomic E-state index is 12.2. The van der Waals surface area contributed by atoms with Crippen LogP contribution in [0.15, 0.2) is 164 Å². The minimum atomic E-state index is -0.542. The van der Waals surface area contributed by atoms with Gasteiger partial charge >= 0.3 is 11.9 Å². The number of ether oxygens (including phenoxy) is 2. The smallest absolute Gasteiger partial charge is 0.337 e. The number of benzene rings is 7. The Morgan fingerprint density at radius 1 is 0.389 bits per heavy atom. The first-order chi connectivity index (χ1) is 26.4. The van der Waals surface area contributed by atoms with Crippen LogP contribution in [-0.4, -0.2) is 43.7 Å². The number of aliphatic hydroxyl groups excluding tert-OH is 1. The first kappa shape index (κ1) is 35.5. The number of hydrogen-bond acceptors (Lipinski definition) is 6. The highest BCUT2D eigenvalue weighted by molar-refractivity contribution is 5.98. The number of carbonyl (C=O) groups is 3. The summed E-state index contributed by atoms with van der Waals surface area (Å²) in [6, 6.07) is 53.3.